The van der Waals surface area contributed by atoms with E-state index >= 15 is 0 Å². The van der Waals surface area contributed by atoms with E-state index in [1.54, 1.807) is 6.08 Å². The maximum Gasteiger partial charge on any atom is 0.235 e. The fourth-order valence-electron chi connectivity index (χ4n) is 2.55. The molecule has 0 amide bonds. The number of isocyanates is 1. The van der Waals surface area contributed by atoms with E-state index in [1.165, 1.54) is 0 Å². The van der Waals surface area contributed by atoms with Gasteiger partial charge >= 0.3 is 0 Å². The summed E-state index contributed by atoms with van der Waals surface area (Å²) in [4.78, 5) is 19.1. The number of fused-ring (bicyclic) bond motifs is 1. The number of aromatic nitrogens is 1. The Labute approximate surface area is 111 Å². The molecule has 0 spiro atoms. The van der Waals surface area contributed by atoms with Crippen LogP contribution >= 0.6 is 0 Å². The number of benzene rings is 1. The van der Waals surface area contributed by atoms with Gasteiger partial charge < -0.3 is 4.42 Å². The second-order valence-corrected chi connectivity index (χ2v) is 5.48. The monoisotopic (exact) mass is 256 g/mol. The van der Waals surface area contributed by atoms with Gasteiger partial charge in [0.05, 0.1) is 5.54 Å². The van der Waals surface area contributed by atoms with Gasteiger partial charge in [0.2, 0.25) is 6.08 Å². The van der Waals surface area contributed by atoms with E-state index in [2.05, 4.69) is 23.8 Å². The molecule has 0 aliphatic heterocycles. The van der Waals surface area contributed by atoms with Crippen LogP contribution in [0.3, 0.4) is 0 Å². The van der Waals surface area contributed by atoms with Crippen molar-refractivity contribution in [1.82, 2.24) is 4.98 Å². The molecule has 1 aromatic carbocycles. The Morgan fingerprint density at radius 1 is 1.42 bits per heavy atom. The van der Waals surface area contributed by atoms with Crippen molar-refractivity contribution < 1.29 is 9.21 Å². The number of nitrogens with zero attached hydrogens (tertiary/aromatic N) is 2. The van der Waals surface area contributed by atoms with Gasteiger partial charge in [-0.2, -0.15) is 4.99 Å². The molecule has 4 nitrogen and oxygen atoms in total. The maximum atomic E-state index is 10.6. The summed E-state index contributed by atoms with van der Waals surface area (Å²) in [6, 6.07) is 5.90. The van der Waals surface area contributed by atoms with Crippen LogP contribution in [0.4, 0.5) is 0 Å². The first kappa shape index (κ1) is 12.1. The van der Waals surface area contributed by atoms with Gasteiger partial charge in [-0.1, -0.05) is 19.9 Å². The first-order valence-corrected chi connectivity index (χ1v) is 6.65. The molecule has 2 aromatic rings. The van der Waals surface area contributed by atoms with Crippen LogP contribution in [0.25, 0.3) is 11.1 Å². The third-order valence-corrected chi connectivity index (χ3v) is 3.88. The lowest BCUT2D eigenvalue weighted by Crippen LogP contribution is -2.31. The Balaban J connectivity index is 2.08. The van der Waals surface area contributed by atoms with E-state index in [9.17, 15) is 4.79 Å². The van der Waals surface area contributed by atoms with E-state index in [4.69, 9.17) is 4.42 Å². The average Bonchev–Trinajstić information content (AvgIpc) is 2.76. The summed E-state index contributed by atoms with van der Waals surface area (Å²) < 4.78 is 5.69. The Hall–Kier alpha value is -1.93. The largest absolute Gasteiger partial charge is 0.440 e. The molecule has 0 N–H and O–H groups in total. The highest BCUT2D eigenvalue weighted by Gasteiger charge is 2.39. The van der Waals surface area contributed by atoms with Crippen LogP contribution in [0.15, 0.2) is 27.6 Å². The highest BCUT2D eigenvalue weighted by molar-refractivity contribution is 5.74. The SMILES string of the molecule is CC(C)c1nc2cc(C3(N=C=O)CCC3)ccc2o1. The first-order chi connectivity index (χ1) is 9.14. The van der Waals surface area contributed by atoms with Gasteiger partial charge in [-0.25, -0.2) is 9.78 Å². The molecule has 0 bridgehead atoms. The summed E-state index contributed by atoms with van der Waals surface area (Å²) in [5.41, 5.74) is 2.30. The molecule has 0 saturated heterocycles. The van der Waals surface area contributed by atoms with Crippen molar-refractivity contribution in [3.63, 3.8) is 0 Å². The van der Waals surface area contributed by atoms with Crippen molar-refractivity contribution in [2.45, 2.75) is 44.6 Å². The molecule has 1 heterocycles. The number of rotatable bonds is 3. The highest BCUT2D eigenvalue weighted by atomic mass is 16.3. The molecular formula is C15H16N2O2. The number of carbonyl (C=O) groups excluding carboxylic acids is 1. The minimum atomic E-state index is -0.368. The minimum absolute atomic E-state index is 0.265. The van der Waals surface area contributed by atoms with E-state index in [-0.39, 0.29) is 11.5 Å². The summed E-state index contributed by atoms with van der Waals surface area (Å²) >= 11 is 0. The molecule has 4 heteroatoms. The van der Waals surface area contributed by atoms with Gasteiger partial charge in [-0.05, 0) is 37.0 Å². The molecule has 1 aromatic heterocycles. The van der Waals surface area contributed by atoms with Gasteiger partial charge in [0.15, 0.2) is 11.5 Å². The van der Waals surface area contributed by atoms with Crippen LogP contribution in [0.2, 0.25) is 0 Å². The molecule has 98 valence electrons. The van der Waals surface area contributed by atoms with Crippen molar-refractivity contribution in [2.75, 3.05) is 0 Å². The van der Waals surface area contributed by atoms with Crippen LogP contribution in [0.5, 0.6) is 0 Å². The van der Waals surface area contributed by atoms with Crippen molar-refractivity contribution in [3.05, 3.63) is 29.7 Å². The molecule has 3 rings (SSSR count). The number of hydrogen-bond acceptors (Lipinski definition) is 4. The Kier molecular flexibility index (Phi) is 2.76. The summed E-state index contributed by atoms with van der Waals surface area (Å²) in [6.07, 6.45) is 4.62. The predicted molar refractivity (Wildman–Crippen MR) is 71.7 cm³/mol. The molecule has 1 aliphatic rings. The van der Waals surface area contributed by atoms with Gasteiger partial charge in [-0.3, -0.25) is 0 Å². The third-order valence-electron chi connectivity index (χ3n) is 3.88. The smallest absolute Gasteiger partial charge is 0.235 e. The van der Waals surface area contributed by atoms with Crippen LogP contribution < -0.4 is 0 Å². The fraction of sp³-hybridized carbons (Fsp3) is 0.467. The molecule has 1 fully saturated rings. The van der Waals surface area contributed by atoms with E-state index in [0.29, 0.717) is 0 Å². The minimum Gasteiger partial charge on any atom is -0.440 e. The first-order valence-electron chi connectivity index (χ1n) is 6.65. The lowest BCUT2D eigenvalue weighted by Gasteiger charge is -2.36. The zero-order valence-electron chi connectivity index (χ0n) is 11.1. The molecule has 0 unspecified atom stereocenters. The van der Waals surface area contributed by atoms with Crippen LogP contribution in [-0.2, 0) is 10.3 Å². The molecule has 19 heavy (non-hydrogen) atoms. The lowest BCUT2D eigenvalue weighted by atomic mass is 9.72. The summed E-state index contributed by atoms with van der Waals surface area (Å²) in [7, 11) is 0. The topological polar surface area (TPSA) is 55.5 Å². The zero-order valence-corrected chi connectivity index (χ0v) is 11.1. The molecule has 0 atom stereocenters. The van der Waals surface area contributed by atoms with Gasteiger partial charge in [0.1, 0.15) is 5.52 Å². The fourth-order valence-corrected chi connectivity index (χ4v) is 2.55. The van der Waals surface area contributed by atoms with E-state index in [1.807, 2.05) is 18.2 Å². The lowest BCUT2D eigenvalue weighted by molar-refractivity contribution is 0.256. The molecule has 0 radical (unpaired) electrons. The second-order valence-electron chi connectivity index (χ2n) is 5.48. The average molecular weight is 256 g/mol. The molecular weight excluding hydrogens is 240 g/mol. The van der Waals surface area contributed by atoms with Crippen molar-refractivity contribution in [1.29, 1.82) is 0 Å². The number of oxazole rings is 1. The predicted octanol–water partition coefficient (Wildman–Crippen LogP) is 3.67. The van der Waals surface area contributed by atoms with Gasteiger partial charge in [-0.15, -0.1) is 0 Å². The summed E-state index contributed by atoms with van der Waals surface area (Å²) in [5, 5.41) is 0. The number of aliphatic imine (C=N–C) groups is 1. The van der Waals surface area contributed by atoms with Crippen molar-refractivity contribution in [2.24, 2.45) is 4.99 Å². The Bertz CT molecular complexity index is 662. The van der Waals surface area contributed by atoms with Crippen LogP contribution in [0, 0.1) is 0 Å². The van der Waals surface area contributed by atoms with E-state index < -0.39 is 0 Å². The maximum absolute atomic E-state index is 10.6. The van der Waals surface area contributed by atoms with E-state index in [0.717, 1.165) is 41.8 Å². The number of hydrogen-bond donors (Lipinski definition) is 0. The van der Waals surface area contributed by atoms with Crippen LogP contribution in [-0.4, -0.2) is 11.1 Å². The quantitative estimate of drug-likeness (QED) is 0.622. The standard InChI is InChI=1S/C15H16N2O2/c1-10(2)14-17-12-8-11(4-5-13(12)19-14)15(16-9-18)6-3-7-15/h4-5,8,10H,3,6-7H2,1-2H3. The third kappa shape index (κ3) is 1.89. The van der Waals surface area contributed by atoms with Crippen molar-refractivity contribution in [3.8, 4) is 0 Å². The van der Waals surface area contributed by atoms with Crippen molar-refractivity contribution >= 4 is 17.2 Å². The Morgan fingerprint density at radius 2 is 2.21 bits per heavy atom. The zero-order chi connectivity index (χ0) is 13.5. The normalized spacial score (nSPS) is 17.2. The van der Waals surface area contributed by atoms with Crippen LogP contribution in [0.1, 0.15) is 50.5 Å². The highest BCUT2D eigenvalue weighted by Crippen LogP contribution is 2.45. The molecule has 1 saturated carbocycles. The van der Waals surface area contributed by atoms with Gasteiger partial charge in [0, 0.05) is 5.92 Å². The summed E-state index contributed by atoms with van der Waals surface area (Å²) in [6.45, 7) is 4.10. The van der Waals surface area contributed by atoms with Gasteiger partial charge in [0.25, 0.3) is 0 Å². The second kappa shape index (κ2) is 4.32. The Morgan fingerprint density at radius 3 is 2.79 bits per heavy atom. The molecule has 1 aliphatic carbocycles. The summed E-state index contributed by atoms with van der Waals surface area (Å²) in [5.74, 6) is 1.01.